The average Bonchev–Trinajstić information content (AvgIpc) is 3.32. The van der Waals surface area contributed by atoms with Crippen LogP contribution in [0.4, 0.5) is 18.3 Å². The van der Waals surface area contributed by atoms with E-state index in [0.717, 1.165) is 28.1 Å². The van der Waals surface area contributed by atoms with Crippen LogP contribution in [0.2, 0.25) is 0 Å². The third kappa shape index (κ3) is 4.48. The third-order valence-corrected chi connectivity index (χ3v) is 5.98. The monoisotopic (exact) mass is 464 g/mol. The van der Waals surface area contributed by atoms with Crippen molar-refractivity contribution in [3.8, 4) is 16.2 Å². The largest absolute Gasteiger partial charge is 0.507 e. The summed E-state index contributed by atoms with van der Waals surface area (Å²) < 4.78 is 43.5. The van der Waals surface area contributed by atoms with Crippen LogP contribution in [-0.2, 0) is 12.6 Å². The van der Waals surface area contributed by atoms with Crippen LogP contribution in [0.3, 0.4) is 0 Å². The number of fused-ring (bicyclic) bond motifs is 1. The van der Waals surface area contributed by atoms with E-state index in [4.69, 9.17) is 10.2 Å². The molecule has 0 saturated heterocycles. The topological polar surface area (TPSA) is 117 Å². The summed E-state index contributed by atoms with van der Waals surface area (Å²) in [6.07, 6.45) is -2.63. The van der Waals surface area contributed by atoms with Gasteiger partial charge in [-0.05, 0) is 37.1 Å². The third-order valence-electron chi connectivity index (χ3n) is 4.99. The lowest BCUT2D eigenvalue weighted by molar-refractivity contribution is -0.138. The summed E-state index contributed by atoms with van der Waals surface area (Å²) in [5.74, 6) is -1.33. The molecule has 0 aliphatic heterocycles. The maximum atomic E-state index is 12.8. The number of anilines is 1. The molecule has 1 atom stereocenters. The quantitative estimate of drug-likeness (QED) is 0.339. The predicted molar refractivity (Wildman–Crippen MR) is 116 cm³/mol. The fourth-order valence-corrected chi connectivity index (χ4v) is 4.34. The zero-order valence-corrected chi connectivity index (χ0v) is 17.6. The number of aromatic hydroxyl groups is 1. The minimum absolute atomic E-state index is 0.277. The van der Waals surface area contributed by atoms with E-state index in [1.807, 2.05) is 13.0 Å². The van der Waals surface area contributed by atoms with Gasteiger partial charge in [0.2, 0.25) is 0 Å². The molecular formula is C21H19F3N4O3S. The molecule has 0 saturated carbocycles. The van der Waals surface area contributed by atoms with E-state index in [1.54, 1.807) is 12.3 Å². The molecule has 32 heavy (non-hydrogen) atoms. The van der Waals surface area contributed by atoms with Gasteiger partial charge in [-0.3, -0.25) is 4.98 Å². The average molecular weight is 464 g/mol. The highest BCUT2D eigenvalue weighted by molar-refractivity contribution is 7.18. The first-order valence-electron chi connectivity index (χ1n) is 9.59. The van der Waals surface area contributed by atoms with E-state index in [-0.39, 0.29) is 6.42 Å². The van der Waals surface area contributed by atoms with Crippen molar-refractivity contribution in [3.63, 3.8) is 0 Å². The first-order valence-corrected chi connectivity index (χ1v) is 10.4. The maximum absolute atomic E-state index is 12.8. The fourth-order valence-electron chi connectivity index (χ4n) is 3.43. The Balaban J connectivity index is 1.41. The summed E-state index contributed by atoms with van der Waals surface area (Å²) in [5, 5.41) is 13.4. The van der Waals surface area contributed by atoms with E-state index in [9.17, 15) is 23.1 Å². The summed E-state index contributed by atoms with van der Waals surface area (Å²) in [5.41, 5.74) is 8.35. The van der Waals surface area contributed by atoms with Gasteiger partial charge in [-0.15, -0.1) is 0 Å². The number of rotatable bonds is 6. The highest BCUT2D eigenvalue weighted by atomic mass is 32.1. The number of phenols is 1. The fraction of sp³-hybridized carbons (Fsp3) is 0.238. The Morgan fingerprint density at radius 3 is 2.81 bits per heavy atom. The molecule has 0 bridgehead atoms. The van der Waals surface area contributed by atoms with Crippen LogP contribution in [-0.4, -0.2) is 27.7 Å². The summed E-state index contributed by atoms with van der Waals surface area (Å²) >= 11 is 1.40. The number of hydrogen-bond donors (Lipinski definition) is 4. The molecule has 168 valence electrons. The molecule has 4 aromatic rings. The van der Waals surface area contributed by atoms with E-state index >= 15 is 0 Å². The molecule has 5 N–H and O–H groups in total. The van der Waals surface area contributed by atoms with Gasteiger partial charge in [0.15, 0.2) is 10.7 Å². The number of halogens is 3. The van der Waals surface area contributed by atoms with Crippen LogP contribution in [0.25, 0.3) is 21.5 Å². The Morgan fingerprint density at radius 1 is 1.31 bits per heavy atom. The molecule has 2 aromatic carbocycles. The van der Waals surface area contributed by atoms with Crippen LogP contribution in [0.15, 0.2) is 45.7 Å². The number of oxazole rings is 1. The number of nitrogens with one attached hydrogen (secondary N) is 2. The number of benzene rings is 2. The molecule has 0 aliphatic rings. The molecule has 0 radical (unpaired) electrons. The molecule has 0 amide bonds. The van der Waals surface area contributed by atoms with Gasteiger partial charge in [0.05, 0.1) is 16.0 Å². The van der Waals surface area contributed by atoms with Gasteiger partial charge >= 0.3 is 11.9 Å². The van der Waals surface area contributed by atoms with Crippen molar-refractivity contribution in [1.82, 2.24) is 9.97 Å². The van der Waals surface area contributed by atoms with Gasteiger partial charge in [-0.2, -0.15) is 13.2 Å². The van der Waals surface area contributed by atoms with E-state index in [0.29, 0.717) is 28.3 Å². The van der Waals surface area contributed by atoms with Gasteiger partial charge < -0.3 is 20.6 Å². The van der Waals surface area contributed by atoms with E-state index in [2.05, 4.69) is 15.3 Å². The van der Waals surface area contributed by atoms with Crippen molar-refractivity contribution in [2.75, 3.05) is 11.9 Å². The number of phenolic OH excluding ortho intramolecular Hbond substituents is 1. The SMILES string of the molecule is Cc1c(-c2cnc(NC[C@@H](N)Cc3ccc(C(F)(F)F)c(O)c3)s2)ccc2[nH]c(=O)oc12. The van der Waals surface area contributed by atoms with Crippen LogP contribution in [0, 0.1) is 6.92 Å². The maximum Gasteiger partial charge on any atom is 0.419 e. The number of aromatic amines is 1. The Bertz CT molecular complexity index is 1330. The standard InChI is InChI=1S/C21H19F3N4O3S/c1-10-13(3-5-15-18(10)31-20(30)28-15)17-9-27-19(32-17)26-8-12(25)6-11-2-4-14(16(29)7-11)21(22,23)24/h2-5,7,9,12,29H,6,8,25H2,1H3,(H,26,27)(H,28,30)/t12-/m0/s1. The Hall–Kier alpha value is -3.31. The Kier molecular flexibility index (Phi) is 5.70. The van der Waals surface area contributed by atoms with Crippen molar-refractivity contribution >= 4 is 27.6 Å². The second kappa shape index (κ2) is 8.32. The van der Waals surface area contributed by atoms with Crippen LogP contribution in [0.1, 0.15) is 16.7 Å². The van der Waals surface area contributed by atoms with E-state index in [1.165, 1.54) is 17.4 Å². The number of H-pyrrole nitrogens is 1. The lowest BCUT2D eigenvalue weighted by Gasteiger charge is -2.14. The lowest BCUT2D eigenvalue weighted by Crippen LogP contribution is -2.31. The first kappa shape index (κ1) is 21.9. The van der Waals surface area contributed by atoms with Gasteiger partial charge in [-0.25, -0.2) is 9.78 Å². The van der Waals surface area contributed by atoms with Crippen LogP contribution in [0.5, 0.6) is 5.75 Å². The van der Waals surface area contributed by atoms with Gasteiger partial charge in [-0.1, -0.05) is 23.5 Å². The molecule has 0 aliphatic carbocycles. The van der Waals surface area contributed by atoms with Crippen molar-refractivity contribution < 1.29 is 22.7 Å². The smallest absolute Gasteiger partial charge is 0.419 e. The van der Waals surface area contributed by atoms with Crippen molar-refractivity contribution in [2.45, 2.75) is 25.6 Å². The number of nitrogens with zero attached hydrogens (tertiary/aromatic N) is 1. The highest BCUT2D eigenvalue weighted by Crippen LogP contribution is 2.36. The van der Waals surface area contributed by atoms with Gasteiger partial charge in [0, 0.05) is 29.9 Å². The van der Waals surface area contributed by atoms with Crippen LogP contribution < -0.4 is 16.8 Å². The Morgan fingerprint density at radius 2 is 2.09 bits per heavy atom. The highest BCUT2D eigenvalue weighted by Gasteiger charge is 2.33. The summed E-state index contributed by atoms with van der Waals surface area (Å²) in [7, 11) is 0. The molecule has 0 unspecified atom stereocenters. The minimum atomic E-state index is -4.61. The number of nitrogens with two attached hydrogens (primary N) is 1. The Labute approximate surface area is 183 Å². The van der Waals surface area contributed by atoms with Gasteiger partial charge in [0.25, 0.3) is 0 Å². The predicted octanol–water partition coefficient (Wildman–Crippen LogP) is 4.26. The second-order valence-corrected chi connectivity index (χ2v) is 8.38. The summed E-state index contributed by atoms with van der Waals surface area (Å²) in [6, 6.07) is 6.48. The molecule has 0 spiro atoms. The van der Waals surface area contributed by atoms with Crippen molar-refractivity contribution in [2.24, 2.45) is 5.73 Å². The molecule has 2 heterocycles. The van der Waals surface area contributed by atoms with Gasteiger partial charge in [0.1, 0.15) is 5.75 Å². The van der Waals surface area contributed by atoms with Crippen LogP contribution >= 0.6 is 11.3 Å². The number of thiazole rings is 1. The molecule has 4 rings (SSSR count). The van der Waals surface area contributed by atoms with Crippen molar-refractivity contribution in [3.05, 3.63) is 63.8 Å². The molecule has 0 fully saturated rings. The number of aromatic nitrogens is 2. The molecule has 11 heteroatoms. The molecule has 2 aromatic heterocycles. The summed E-state index contributed by atoms with van der Waals surface area (Å²) in [4.78, 5) is 19.3. The normalized spacial score (nSPS) is 12.9. The zero-order valence-electron chi connectivity index (χ0n) is 16.8. The van der Waals surface area contributed by atoms with Crippen molar-refractivity contribution in [1.29, 1.82) is 0 Å². The number of aryl methyl sites for hydroxylation is 1. The first-order chi connectivity index (χ1) is 15.1. The zero-order chi connectivity index (χ0) is 23.0. The lowest BCUT2D eigenvalue weighted by atomic mass is 10.0. The minimum Gasteiger partial charge on any atom is -0.507 e. The molecular weight excluding hydrogens is 445 g/mol. The summed E-state index contributed by atoms with van der Waals surface area (Å²) in [6.45, 7) is 2.19. The number of hydrogen-bond acceptors (Lipinski definition) is 7. The molecule has 7 nitrogen and oxygen atoms in total. The number of alkyl halides is 3. The van der Waals surface area contributed by atoms with E-state index < -0.39 is 29.3 Å². The second-order valence-electron chi connectivity index (χ2n) is 7.35.